The summed E-state index contributed by atoms with van der Waals surface area (Å²) in [4.78, 5) is 22.7. The molecule has 1 aromatic carbocycles. The molecule has 5 heteroatoms. The molecule has 0 heterocycles. The normalized spacial score (nSPS) is 12.6. The lowest BCUT2D eigenvalue weighted by molar-refractivity contribution is -0.140. The van der Waals surface area contributed by atoms with E-state index < -0.39 is 0 Å². The molecule has 0 atom stereocenters. The van der Waals surface area contributed by atoms with Gasteiger partial charge in [-0.1, -0.05) is 34.9 Å². The number of ether oxygens (including phenoxy) is 2. The Morgan fingerprint density at radius 3 is 1.94 bits per heavy atom. The van der Waals surface area contributed by atoms with E-state index >= 15 is 0 Å². The molecule has 0 aromatic heterocycles. The Morgan fingerprint density at radius 1 is 0.848 bits per heavy atom. The maximum atomic E-state index is 11.5. The predicted molar refractivity (Wildman–Crippen MR) is 134 cm³/mol. The monoisotopic (exact) mass is 456 g/mol. The lowest BCUT2D eigenvalue weighted by atomic mass is 9.99. The lowest BCUT2D eigenvalue weighted by Crippen LogP contribution is -2.06. The van der Waals surface area contributed by atoms with E-state index in [1.54, 1.807) is 6.07 Å². The van der Waals surface area contributed by atoms with Crippen molar-refractivity contribution >= 4 is 11.9 Å². The third-order valence-corrected chi connectivity index (χ3v) is 5.82. The van der Waals surface area contributed by atoms with Crippen LogP contribution in [-0.2, 0) is 20.7 Å². The summed E-state index contributed by atoms with van der Waals surface area (Å²) in [7, 11) is 1.42. The van der Waals surface area contributed by atoms with Crippen molar-refractivity contribution < 1.29 is 24.2 Å². The Hall–Kier alpha value is -2.82. The highest BCUT2D eigenvalue weighted by atomic mass is 16.5. The van der Waals surface area contributed by atoms with Crippen LogP contribution < -0.4 is 4.74 Å². The first-order valence-corrected chi connectivity index (χ1v) is 11.6. The molecule has 0 radical (unpaired) electrons. The highest BCUT2D eigenvalue weighted by molar-refractivity contribution is 5.71. The fourth-order valence-electron chi connectivity index (χ4n) is 3.46. The molecule has 1 rings (SSSR count). The van der Waals surface area contributed by atoms with Crippen LogP contribution in [0.5, 0.6) is 11.5 Å². The first kappa shape index (κ1) is 28.2. The van der Waals surface area contributed by atoms with Gasteiger partial charge < -0.3 is 14.6 Å². The molecule has 33 heavy (non-hydrogen) atoms. The number of phenolic OH excluding ortho intramolecular Hbond substituents is 1. The fourth-order valence-corrected chi connectivity index (χ4v) is 3.46. The van der Waals surface area contributed by atoms with Crippen molar-refractivity contribution in [3.8, 4) is 11.5 Å². The summed E-state index contributed by atoms with van der Waals surface area (Å²) < 4.78 is 10.1. The van der Waals surface area contributed by atoms with Crippen LogP contribution in [0.1, 0.15) is 82.9 Å². The van der Waals surface area contributed by atoms with Crippen molar-refractivity contribution in [1.82, 2.24) is 0 Å². The molecular formula is C28H40O5. The van der Waals surface area contributed by atoms with Crippen LogP contribution in [0.3, 0.4) is 0 Å². The van der Waals surface area contributed by atoms with E-state index in [2.05, 4.69) is 43.7 Å². The van der Waals surface area contributed by atoms with Crippen LogP contribution in [0.15, 0.2) is 41.0 Å². The summed E-state index contributed by atoms with van der Waals surface area (Å²) >= 11 is 0. The van der Waals surface area contributed by atoms with Gasteiger partial charge in [0.15, 0.2) is 0 Å². The zero-order chi connectivity index (χ0) is 25.0. The number of hydrogen-bond donors (Lipinski definition) is 1. The molecule has 0 spiro atoms. The molecule has 0 aliphatic heterocycles. The predicted octanol–water partition coefficient (Wildman–Crippen LogP) is 6.83. The number of benzene rings is 1. The molecule has 182 valence electrons. The van der Waals surface area contributed by atoms with Gasteiger partial charge in [-0.15, -0.1) is 0 Å². The molecule has 0 aliphatic rings. The van der Waals surface area contributed by atoms with Crippen molar-refractivity contribution in [2.24, 2.45) is 0 Å². The van der Waals surface area contributed by atoms with Gasteiger partial charge in [0.1, 0.15) is 11.5 Å². The molecule has 0 saturated carbocycles. The fraction of sp³-hybridized carbons (Fsp3) is 0.500. The van der Waals surface area contributed by atoms with Crippen LogP contribution in [0, 0.1) is 13.8 Å². The van der Waals surface area contributed by atoms with Gasteiger partial charge in [0.25, 0.3) is 0 Å². The van der Waals surface area contributed by atoms with E-state index in [1.165, 1.54) is 30.8 Å². The average Bonchev–Trinajstić information content (AvgIpc) is 2.76. The largest absolute Gasteiger partial charge is 0.508 e. The molecular weight excluding hydrogens is 416 g/mol. The van der Waals surface area contributed by atoms with Gasteiger partial charge in [-0.2, -0.15) is 0 Å². The number of carbonyl (C=O) groups excluding carboxylic acids is 2. The number of hydrogen-bond acceptors (Lipinski definition) is 5. The first-order valence-electron chi connectivity index (χ1n) is 11.6. The van der Waals surface area contributed by atoms with E-state index in [0.29, 0.717) is 18.6 Å². The minimum atomic E-state index is -0.362. The second-order valence-electron chi connectivity index (χ2n) is 8.74. The maximum absolute atomic E-state index is 11.5. The molecule has 1 aromatic rings. The van der Waals surface area contributed by atoms with Gasteiger partial charge >= 0.3 is 11.9 Å². The van der Waals surface area contributed by atoms with E-state index in [1.807, 2.05) is 13.8 Å². The van der Waals surface area contributed by atoms with E-state index in [0.717, 1.165) is 48.8 Å². The number of methoxy groups -OCH3 is 1. The summed E-state index contributed by atoms with van der Waals surface area (Å²) in [5.41, 5.74) is 6.16. The topological polar surface area (TPSA) is 72.8 Å². The van der Waals surface area contributed by atoms with Crippen LogP contribution in [0.25, 0.3) is 0 Å². The van der Waals surface area contributed by atoms with Gasteiger partial charge in [0.05, 0.1) is 7.11 Å². The molecule has 0 amide bonds. The highest BCUT2D eigenvalue weighted by Gasteiger charge is 2.14. The molecule has 1 N–H and O–H groups in total. The van der Waals surface area contributed by atoms with Crippen LogP contribution >= 0.6 is 0 Å². The SMILES string of the molecule is COC(=O)CC/C(C)=C/CC/C(C)=C/CC/C(C)=C\Cc1cc(O)c(C)c(C)c1OC(C)=O. The van der Waals surface area contributed by atoms with Gasteiger partial charge in [-0.3, -0.25) is 9.59 Å². The highest BCUT2D eigenvalue weighted by Crippen LogP contribution is 2.33. The number of esters is 2. The maximum Gasteiger partial charge on any atom is 0.308 e. The Kier molecular flexibility index (Phi) is 12.3. The number of rotatable bonds is 12. The Bertz CT molecular complexity index is 919. The van der Waals surface area contributed by atoms with Gasteiger partial charge in [-0.25, -0.2) is 0 Å². The quantitative estimate of drug-likeness (QED) is 0.212. The van der Waals surface area contributed by atoms with E-state index in [9.17, 15) is 14.7 Å². The number of aromatic hydroxyl groups is 1. The lowest BCUT2D eigenvalue weighted by Gasteiger charge is -2.14. The standard InChI is InChI=1S/C28H40O5/c1-19(11-9-13-21(3)15-17-27(31)32-7)10-8-12-20(2)14-16-25-18-26(30)22(4)23(5)28(25)33-24(6)29/h10,13-14,18,30H,8-9,11-12,15-17H2,1-7H3/b19-10+,20-14-,21-13+. The van der Waals surface area contributed by atoms with Crippen LogP contribution in [0.2, 0.25) is 0 Å². The molecule has 0 saturated heterocycles. The summed E-state index contributed by atoms with van der Waals surface area (Å²) in [6.07, 6.45) is 12.3. The minimum Gasteiger partial charge on any atom is -0.508 e. The van der Waals surface area contributed by atoms with Crippen molar-refractivity contribution in [3.05, 3.63) is 57.7 Å². The second-order valence-corrected chi connectivity index (χ2v) is 8.74. The molecule has 0 bridgehead atoms. The van der Waals surface area contributed by atoms with Crippen LogP contribution in [0.4, 0.5) is 0 Å². The summed E-state index contributed by atoms with van der Waals surface area (Å²) in [6, 6.07) is 1.69. The van der Waals surface area contributed by atoms with Gasteiger partial charge in [-0.05, 0) is 90.3 Å². The smallest absolute Gasteiger partial charge is 0.308 e. The zero-order valence-electron chi connectivity index (χ0n) is 21.3. The van der Waals surface area contributed by atoms with Crippen molar-refractivity contribution in [3.63, 3.8) is 0 Å². The third-order valence-electron chi connectivity index (χ3n) is 5.82. The molecule has 0 unspecified atom stereocenters. The zero-order valence-corrected chi connectivity index (χ0v) is 21.3. The van der Waals surface area contributed by atoms with Gasteiger partial charge in [0, 0.05) is 18.9 Å². The number of carbonyl (C=O) groups is 2. The van der Waals surface area contributed by atoms with Crippen molar-refractivity contribution in [2.45, 2.75) is 86.5 Å². The molecule has 0 aliphatic carbocycles. The van der Waals surface area contributed by atoms with E-state index in [-0.39, 0.29) is 17.7 Å². The Labute approximate surface area is 199 Å². The van der Waals surface area contributed by atoms with Crippen molar-refractivity contribution in [2.75, 3.05) is 7.11 Å². The number of phenols is 1. The Morgan fingerprint density at radius 2 is 1.39 bits per heavy atom. The molecule has 5 nitrogen and oxygen atoms in total. The van der Waals surface area contributed by atoms with E-state index in [4.69, 9.17) is 4.74 Å². The summed E-state index contributed by atoms with van der Waals surface area (Å²) in [5, 5.41) is 10.2. The van der Waals surface area contributed by atoms with Gasteiger partial charge in [0.2, 0.25) is 0 Å². The number of allylic oxidation sites excluding steroid dienone is 6. The van der Waals surface area contributed by atoms with Crippen molar-refractivity contribution in [1.29, 1.82) is 0 Å². The summed E-state index contributed by atoms with van der Waals surface area (Å²) in [5.74, 6) is 0.239. The first-order chi connectivity index (χ1) is 15.5. The molecule has 0 fully saturated rings. The second kappa shape index (κ2) is 14.4. The minimum absolute atomic E-state index is 0.167. The average molecular weight is 457 g/mol. The summed E-state index contributed by atoms with van der Waals surface area (Å²) in [6.45, 7) is 11.4. The third kappa shape index (κ3) is 10.6. The Balaban J connectivity index is 2.60. The van der Waals surface area contributed by atoms with Crippen LogP contribution in [-0.4, -0.2) is 24.2 Å².